The van der Waals surface area contributed by atoms with E-state index < -0.39 is 0 Å². The number of piperidine rings is 3. The van der Waals surface area contributed by atoms with E-state index in [0.717, 1.165) is 54.9 Å². The van der Waals surface area contributed by atoms with Crippen molar-refractivity contribution in [1.29, 1.82) is 0 Å². The van der Waals surface area contributed by atoms with E-state index in [4.69, 9.17) is 4.74 Å². The SMILES string of the molecule is COc1ccc2c(c1)c(/C=C1/C(O)C3CCN1CC3)cn2Cc1ccccc1. The minimum Gasteiger partial charge on any atom is -0.497 e. The molecule has 3 fully saturated rings. The fourth-order valence-corrected chi connectivity index (χ4v) is 4.69. The number of aromatic nitrogens is 1. The number of fused-ring (bicyclic) bond motifs is 4. The molecule has 2 bridgehead atoms. The molecule has 2 aromatic carbocycles. The topological polar surface area (TPSA) is 37.6 Å². The first kappa shape index (κ1) is 17.4. The highest BCUT2D eigenvalue weighted by Crippen LogP contribution is 2.37. The Hall–Kier alpha value is -2.72. The highest BCUT2D eigenvalue weighted by atomic mass is 16.5. The van der Waals surface area contributed by atoms with Gasteiger partial charge in [-0.05, 0) is 48.6 Å². The third-order valence-corrected chi connectivity index (χ3v) is 6.27. The van der Waals surface area contributed by atoms with Crippen molar-refractivity contribution < 1.29 is 9.84 Å². The van der Waals surface area contributed by atoms with Crippen molar-refractivity contribution >= 4 is 17.0 Å². The lowest BCUT2D eigenvalue weighted by Gasteiger charge is -2.45. The summed E-state index contributed by atoms with van der Waals surface area (Å²) in [5.41, 5.74) is 4.67. The Kier molecular flexibility index (Phi) is 4.36. The average molecular weight is 374 g/mol. The molecule has 0 aliphatic carbocycles. The summed E-state index contributed by atoms with van der Waals surface area (Å²) < 4.78 is 7.77. The van der Waals surface area contributed by atoms with E-state index in [-0.39, 0.29) is 6.10 Å². The van der Waals surface area contributed by atoms with Gasteiger partial charge < -0.3 is 19.3 Å². The lowest BCUT2D eigenvalue weighted by Crippen LogP contribution is -2.48. The van der Waals surface area contributed by atoms with Gasteiger partial charge in [0.2, 0.25) is 0 Å². The van der Waals surface area contributed by atoms with Crippen molar-refractivity contribution in [3.63, 3.8) is 0 Å². The highest BCUT2D eigenvalue weighted by molar-refractivity contribution is 5.91. The van der Waals surface area contributed by atoms with E-state index in [1.54, 1.807) is 7.11 Å². The van der Waals surface area contributed by atoms with Crippen LogP contribution in [0.4, 0.5) is 0 Å². The molecule has 4 nitrogen and oxygen atoms in total. The summed E-state index contributed by atoms with van der Waals surface area (Å²) in [6, 6.07) is 16.8. The van der Waals surface area contributed by atoms with Gasteiger partial charge in [0.15, 0.2) is 0 Å². The minimum absolute atomic E-state index is 0.347. The Balaban J connectivity index is 1.60. The monoisotopic (exact) mass is 374 g/mol. The molecule has 0 saturated carbocycles. The Morgan fingerprint density at radius 3 is 2.61 bits per heavy atom. The average Bonchev–Trinajstić information content (AvgIpc) is 3.08. The number of hydrogen-bond acceptors (Lipinski definition) is 3. The van der Waals surface area contributed by atoms with Gasteiger partial charge in [0.05, 0.1) is 13.2 Å². The van der Waals surface area contributed by atoms with Crippen LogP contribution in [0.5, 0.6) is 5.75 Å². The van der Waals surface area contributed by atoms with E-state index in [1.165, 1.54) is 11.1 Å². The summed E-state index contributed by atoms with van der Waals surface area (Å²) in [5.74, 6) is 1.26. The summed E-state index contributed by atoms with van der Waals surface area (Å²) in [6.45, 7) is 2.93. The normalized spacial score (nSPS) is 22.9. The van der Waals surface area contributed by atoms with E-state index in [1.807, 2.05) is 12.1 Å². The third-order valence-electron chi connectivity index (χ3n) is 6.27. The second-order valence-corrected chi connectivity index (χ2v) is 7.92. The van der Waals surface area contributed by atoms with Crippen LogP contribution >= 0.6 is 0 Å². The first-order chi connectivity index (χ1) is 13.7. The van der Waals surface area contributed by atoms with Crippen LogP contribution in [0.3, 0.4) is 0 Å². The molecule has 4 heteroatoms. The zero-order valence-corrected chi connectivity index (χ0v) is 16.2. The van der Waals surface area contributed by atoms with Crippen LogP contribution in [0.2, 0.25) is 0 Å². The second kappa shape index (κ2) is 7.02. The number of aliphatic hydroxyl groups is 1. The maximum Gasteiger partial charge on any atom is 0.119 e. The molecule has 28 heavy (non-hydrogen) atoms. The van der Waals surface area contributed by atoms with Crippen molar-refractivity contribution in [2.45, 2.75) is 25.5 Å². The maximum absolute atomic E-state index is 10.8. The zero-order chi connectivity index (χ0) is 19.1. The Morgan fingerprint density at radius 2 is 1.89 bits per heavy atom. The van der Waals surface area contributed by atoms with Gasteiger partial charge in [-0.2, -0.15) is 0 Å². The Bertz CT molecular complexity index is 1010. The van der Waals surface area contributed by atoms with Crippen LogP contribution < -0.4 is 4.74 Å². The van der Waals surface area contributed by atoms with Crippen molar-refractivity contribution in [3.05, 3.63) is 71.6 Å². The summed E-state index contributed by atoms with van der Waals surface area (Å²) in [6.07, 6.45) is 6.25. The van der Waals surface area contributed by atoms with Gasteiger partial charge in [0, 0.05) is 48.0 Å². The van der Waals surface area contributed by atoms with Crippen molar-refractivity contribution in [3.8, 4) is 5.75 Å². The second-order valence-electron chi connectivity index (χ2n) is 7.92. The standard InChI is InChI=1S/C24H26N2O2/c1-28-20-7-8-22-21(14-20)19(16-26(22)15-17-5-3-2-4-6-17)13-23-24(27)18-9-11-25(23)12-10-18/h2-8,13-14,16,18,24,27H,9-12,15H2,1H3/b23-13-. The van der Waals surface area contributed by atoms with Crippen LogP contribution in [0, 0.1) is 5.92 Å². The van der Waals surface area contributed by atoms with E-state index in [9.17, 15) is 5.11 Å². The third kappa shape index (κ3) is 2.98. The van der Waals surface area contributed by atoms with Gasteiger partial charge in [-0.25, -0.2) is 0 Å². The molecule has 0 radical (unpaired) electrons. The van der Waals surface area contributed by atoms with Crippen LogP contribution in [-0.4, -0.2) is 40.9 Å². The largest absolute Gasteiger partial charge is 0.497 e. The van der Waals surface area contributed by atoms with Gasteiger partial charge >= 0.3 is 0 Å². The first-order valence-corrected chi connectivity index (χ1v) is 10.1. The van der Waals surface area contributed by atoms with E-state index in [2.05, 4.69) is 58.1 Å². The van der Waals surface area contributed by atoms with Gasteiger partial charge in [0.25, 0.3) is 0 Å². The van der Waals surface area contributed by atoms with Crippen LogP contribution in [0.15, 0.2) is 60.4 Å². The number of hydrogen-bond donors (Lipinski definition) is 1. The molecule has 1 aromatic heterocycles. The van der Waals surface area contributed by atoms with Gasteiger partial charge in [0.1, 0.15) is 5.75 Å². The molecule has 3 aliphatic heterocycles. The summed E-state index contributed by atoms with van der Waals surface area (Å²) in [5, 5.41) is 12.0. The van der Waals surface area contributed by atoms with Gasteiger partial charge in [-0.1, -0.05) is 30.3 Å². The summed E-state index contributed by atoms with van der Waals surface area (Å²) >= 11 is 0. The fourth-order valence-electron chi connectivity index (χ4n) is 4.69. The highest BCUT2D eigenvalue weighted by Gasteiger charge is 2.36. The van der Waals surface area contributed by atoms with E-state index in [0.29, 0.717) is 5.92 Å². The molecule has 1 unspecified atom stereocenters. The smallest absolute Gasteiger partial charge is 0.119 e. The van der Waals surface area contributed by atoms with Crippen LogP contribution in [-0.2, 0) is 6.54 Å². The zero-order valence-electron chi connectivity index (χ0n) is 16.2. The molecule has 1 atom stereocenters. The quantitative estimate of drug-likeness (QED) is 0.746. The number of methoxy groups -OCH3 is 1. The van der Waals surface area contributed by atoms with Crippen molar-refractivity contribution in [1.82, 2.24) is 9.47 Å². The predicted molar refractivity (Wildman–Crippen MR) is 112 cm³/mol. The molecule has 3 aromatic rings. The first-order valence-electron chi connectivity index (χ1n) is 10.1. The van der Waals surface area contributed by atoms with E-state index >= 15 is 0 Å². The van der Waals surface area contributed by atoms with Crippen molar-refractivity contribution in [2.75, 3.05) is 20.2 Å². The lowest BCUT2D eigenvalue weighted by molar-refractivity contribution is 0.0215. The van der Waals surface area contributed by atoms with Crippen molar-refractivity contribution in [2.24, 2.45) is 5.92 Å². The van der Waals surface area contributed by atoms with Gasteiger partial charge in [-0.15, -0.1) is 0 Å². The van der Waals surface area contributed by atoms with Gasteiger partial charge in [-0.3, -0.25) is 0 Å². The number of benzene rings is 2. The number of rotatable bonds is 4. The lowest BCUT2D eigenvalue weighted by atomic mass is 9.83. The molecular weight excluding hydrogens is 348 g/mol. The molecule has 3 aliphatic rings. The van der Waals surface area contributed by atoms with Crippen LogP contribution in [0.1, 0.15) is 24.0 Å². The molecular formula is C24H26N2O2. The Morgan fingerprint density at radius 1 is 1.11 bits per heavy atom. The molecule has 0 amide bonds. The molecule has 0 spiro atoms. The number of nitrogens with zero attached hydrogens (tertiary/aromatic N) is 2. The molecule has 4 heterocycles. The van der Waals surface area contributed by atoms with Crippen LogP contribution in [0.25, 0.3) is 17.0 Å². The molecule has 3 saturated heterocycles. The summed E-state index contributed by atoms with van der Waals surface area (Å²) in [7, 11) is 1.70. The number of ether oxygens (including phenoxy) is 1. The molecule has 6 rings (SSSR count). The fraction of sp³-hybridized carbons (Fsp3) is 0.333. The summed E-state index contributed by atoms with van der Waals surface area (Å²) in [4.78, 5) is 2.35. The minimum atomic E-state index is -0.347. The molecule has 144 valence electrons. The predicted octanol–water partition coefficient (Wildman–Crippen LogP) is 4.13. The number of aliphatic hydroxyl groups excluding tert-OH is 1. The Labute approximate surface area is 165 Å². The maximum atomic E-state index is 10.8. The molecule has 1 N–H and O–H groups in total.